The predicted molar refractivity (Wildman–Crippen MR) is 100 cm³/mol. The van der Waals surface area contributed by atoms with E-state index in [1.54, 1.807) is 0 Å². The average molecular weight is 399 g/mol. The molecule has 1 N–H and O–H groups in total. The second-order valence-corrected chi connectivity index (χ2v) is 7.62. The lowest BCUT2D eigenvalue weighted by atomic mass is 9.97. The molecular formula is C20H19BrN2O2. The summed E-state index contributed by atoms with van der Waals surface area (Å²) in [7, 11) is 0. The molecule has 4 nitrogen and oxygen atoms in total. The monoisotopic (exact) mass is 398 g/mol. The molecule has 0 atom stereocenters. The molecule has 25 heavy (non-hydrogen) atoms. The van der Waals surface area contributed by atoms with Gasteiger partial charge in [0.05, 0.1) is 5.69 Å². The molecule has 0 unspecified atom stereocenters. The number of carbonyl (C=O) groups is 2. The van der Waals surface area contributed by atoms with E-state index < -0.39 is 5.41 Å². The summed E-state index contributed by atoms with van der Waals surface area (Å²) in [5.41, 5.74) is 2.30. The van der Waals surface area contributed by atoms with Crippen LogP contribution in [0.1, 0.15) is 24.0 Å². The molecule has 2 aromatic rings. The molecule has 0 aromatic heterocycles. The van der Waals surface area contributed by atoms with Crippen LogP contribution in [0.5, 0.6) is 0 Å². The van der Waals surface area contributed by atoms with Gasteiger partial charge in [-0.25, -0.2) is 0 Å². The van der Waals surface area contributed by atoms with Gasteiger partial charge in [0.1, 0.15) is 5.41 Å². The molecule has 2 aromatic carbocycles. The number of nitrogens with one attached hydrogen (secondary N) is 1. The van der Waals surface area contributed by atoms with Gasteiger partial charge >= 0.3 is 0 Å². The SMILES string of the molecule is O=C(Nc1ccccc1Br)C1(C(=O)N2CCc3ccccc3C2)CC1. The fraction of sp³-hybridized carbons (Fsp3) is 0.300. The standard InChI is InChI=1S/C20H19BrN2O2/c21-16-7-3-4-8-17(16)22-18(24)20(10-11-20)19(25)23-12-9-14-5-1-2-6-15(14)13-23/h1-8H,9-13H2,(H,22,24). The Morgan fingerprint density at radius 2 is 1.68 bits per heavy atom. The first-order valence-electron chi connectivity index (χ1n) is 8.52. The van der Waals surface area contributed by atoms with Crippen LogP contribution < -0.4 is 5.32 Å². The number of para-hydroxylation sites is 1. The first kappa shape index (κ1) is 16.3. The minimum atomic E-state index is -0.887. The highest BCUT2D eigenvalue weighted by Gasteiger charge is 2.58. The smallest absolute Gasteiger partial charge is 0.240 e. The highest BCUT2D eigenvalue weighted by Crippen LogP contribution is 2.49. The van der Waals surface area contributed by atoms with Crippen LogP contribution in [0.3, 0.4) is 0 Å². The predicted octanol–water partition coefficient (Wildman–Crippen LogP) is 3.75. The topological polar surface area (TPSA) is 49.4 Å². The summed E-state index contributed by atoms with van der Waals surface area (Å²) >= 11 is 3.43. The Balaban J connectivity index is 1.50. The number of amides is 2. The highest BCUT2D eigenvalue weighted by atomic mass is 79.9. The van der Waals surface area contributed by atoms with Crippen LogP contribution in [0.4, 0.5) is 5.69 Å². The first-order valence-corrected chi connectivity index (χ1v) is 9.32. The maximum atomic E-state index is 13.1. The largest absolute Gasteiger partial charge is 0.337 e. The quantitative estimate of drug-likeness (QED) is 0.800. The van der Waals surface area contributed by atoms with E-state index in [-0.39, 0.29) is 11.8 Å². The number of halogens is 1. The molecule has 1 aliphatic heterocycles. The second kappa shape index (κ2) is 6.30. The van der Waals surface area contributed by atoms with Gasteiger partial charge in [-0.2, -0.15) is 0 Å². The molecule has 2 amide bonds. The second-order valence-electron chi connectivity index (χ2n) is 6.76. The van der Waals surface area contributed by atoms with Crippen LogP contribution in [0.25, 0.3) is 0 Å². The number of rotatable bonds is 3. The fourth-order valence-electron chi connectivity index (χ4n) is 3.44. The summed E-state index contributed by atoms with van der Waals surface area (Å²) in [5, 5.41) is 2.92. The maximum absolute atomic E-state index is 13.1. The Labute approximate surface area is 155 Å². The summed E-state index contributed by atoms with van der Waals surface area (Å²) in [5.74, 6) is -0.227. The lowest BCUT2D eigenvalue weighted by Crippen LogP contribution is -2.45. The molecule has 0 radical (unpaired) electrons. The third-order valence-corrected chi connectivity index (χ3v) is 5.83. The van der Waals surface area contributed by atoms with Crippen LogP contribution in [-0.4, -0.2) is 23.3 Å². The highest BCUT2D eigenvalue weighted by molar-refractivity contribution is 9.10. The molecule has 1 fully saturated rings. The van der Waals surface area contributed by atoms with Crippen LogP contribution >= 0.6 is 15.9 Å². The van der Waals surface area contributed by atoms with Crippen molar-refractivity contribution in [1.82, 2.24) is 4.90 Å². The Morgan fingerprint density at radius 1 is 1.00 bits per heavy atom. The molecule has 0 saturated heterocycles. The lowest BCUT2D eigenvalue weighted by Gasteiger charge is -2.31. The van der Waals surface area contributed by atoms with Gasteiger partial charge in [0.2, 0.25) is 11.8 Å². The molecular weight excluding hydrogens is 380 g/mol. The third-order valence-electron chi connectivity index (χ3n) is 5.13. The number of hydrogen-bond donors (Lipinski definition) is 1. The molecule has 0 bridgehead atoms. The van der Waals surface area contributed by atoms with Gasteiger partial charge in [0, 0.05) is 17.6 Å². The minimum Gasteiger partial charge on any atom is -0.337 e. The van der Waals surface area contributed by atoms with Crippen molar-refractivity contribution in [3.05, 3.63) is 64.1 Å². The first-order chi connectivity index (χ1) is 12.1. The van der Waals surface area contributed by atoms with Crippen molar-refractivity contribution in [3.63, 3.8) is 0 Å². The minimum absolute atomic E-state index is 0.0356. The van der Waals surface area contributed by atoms with Crippen molar-refractivity contribution in [2.24, 2.45) is 5.41 Å². The Bertz CT molecular complexity index is 845. The molecule has 2 aliphatic rings. The van der Waals surface area contributed by atoms with Gasteiger partial charge in [-0.3, -0.25) is 9.59 Å². The fourth-order valence-corrected chi connectivity index (χ4v) is 3.82. The van der Waals surface area contributed by atoms with Gasteiger partial charge in [-0.15, -0.1) is 0 Å². The van der Waals surface area contributed by atoms with Gasteiger partial charge in [0.15, 0.2) is 0 Å². The number of hydrogen-bond acceptors (Lipinski definition) is 2. The average Bonchev–Trinajstić information content (AvgIpc) is 3.44. The van der Waals surface area contributed by atoms with Crippen LogP contribution in [0, 0.1) is 5.41 Å². The van der Waals surface area contributed by atoms with Gasteiger partial charge in [-0.1, -0.05) is 36.4 Å². The molecule has 1 heterocycles. The van der Waals surface area contributed by atoms with Gasteiger partial charge in [0.25, 0.3) is 0 Å². The summed E-state index contributed by atoms with van der Waals surface area (Å²) in [6.07, 6.45) is 2.10. The van der Waals surface area contributed by atoms with E-state index in [0.29, 0.717) is 31.6 Å². The van der Waals surface area contributed by atoms with Crippen molar-refractivity contribution >= 4 is 33.4 Å². The number of benzene rings is 2. The van der Waals surface area contributed by atoms with Crippen molar-refractivity contribution < 1.29 is 9.59 Å². The van der Waals surface area contributed by atoms with Gasteiger partial charge < -0.3 is 10.2 Å². The summed E-state index contributed by atoms with van der Waals surface area (Å²) in [4.78, 5) is 27.7. The number of carbonyl (C=O) groups excluding carboxylic acids is 2. The summed E-state index contributed by atoms with van der Waals surface area (Å²) < 4.78 is 0.818. The molecule has 1 saturated carbocycles. The van der Waals surface area contributed by atoms with Crippen LogP contribution in [0.15, 0.2) is 53.0 Å². The van der Waals surface area contributed by atoms with Crippen LogP contribution in [0.2, 0.25) is 0 Å². The van der Waals surface area contributed by atoms with E-state index in [4.69, 9.17) is 0 Å². The zero-order valence-electron chi connectivity index (χ0n) is 13.8. The Morgan fingerprint density at radius 3 is 2.40 bits per heavy atom. The van der Waals surface area contributed by atoms with Crippen molar-refractivity contribution in [2.45, 2.75) is 25.8 Å². The van der Waals surface area contributed by atoms with Crippen molar-refractivity contribution in [1.29, 1.82) is 0 Å². The van der Waals surface area contributed by atoms with Crippen molar-refractivity contribution in [2.75, 3.05) is 11.9 Å². The maximum Gasteiger partial charge on any atom is 0.240 e. The number of fused-ring (bicyclic) bond motifs is 1. The van der Waals surface area contributed by atoms with E-state index in [0.717, 1.165) is 10.9 Å². The summed E-state index contributed by atoms with van der Waals surface area (Å²) in [6, 6.07) is 15.7. The molecule has 0 spiro atoms. The van der Waals surface area contributed by atoms with Crippen LogP contribution in [-0.2, 0) is 22.6 Å². The Hall–Kier alpha value is -2.14. The normalized spacial score (nSPS) is 17.6. The van der Waals surface area contributed by atoms with Crippen molar-refractivity contribution in [3.8, 4) is 0 Å². The lowest BCUT2D eigenvalue weighted by molar-refractivity contribution is -0.143. The molecule has 5 heteroatoms. The zero-order chi connectivity index (χ0) is 17.4. The zero-order valence-corrected chi connectivity index (χ0v) is 15.4. The van der Waals surface area contributed by atoms with E-state index in [1.165, 1.54) is 11.1 Å². The van der Waals surface area contributed by atoms with E-state index in [1.807, 2.05) is 41.3 Å². The van der Waals surface area contributed by atoms with E-state index in [2.05, 4.69) is 33.4 Å². The number of nitrogens with zero attached hydrogens (tertiary/aromatic N) is 1. The van der Waals surface area contributed by atoms with Gasteiger partial charge in [-0.05, 0) is 58.5 Å². The molecule has 128 valence electrons. The summed E-state index contributed by atoms with van der Waals surface area (Å²) in [6.45, 7) is 1.28. The molecule has 1 aliphatic carbocycles. The molecule has 4 rings (SSSR count). The van der Waals surface area contributed by atoms with E-state index in [9.17, 15) is 9.59 Å². The Kier molecular flexibility index (Phi) is 4.12. The van der Waals surface area contributed by atoms with E-state index >= 15 is 0 Å². The number of anilines is 1. The third kappa shape index (κ3) is 2.97.